The minimum Gasteiger partial charge on any atom is -0.481 e. The first-order chi connectivity index (χ1) is 9.06. The number of aliphatic carboxylic acids is 1. The van der Waals surface area contributed by atoms with Gasteiger partial charge in [0.15, 0.2) is 6.10 Å². The lowest BCUT2D eigenvalue weighted by molar-refractivity contribution is -0.142. The van der Waals surface area contributed by atoms with Crippen LogP contribution in [0.25, 0.3) is 0 Å². The second kappa shape index (κ2) is 7.53. The van der Waals surface area contributed by atoms with Gasteiger partial charge in [-0.1, -0.05) is 30.3 Å². The number of carboxylic acids is 1. The van der Waals surface area contributed by atoms with Gasteiger partial charge in [-0.05, 0) is 12.0 Å². The number of rotatable bonds is 7. The maximum atomic E-state index is 12.2. The Labute approximate surface area is 112 Å². The lowest BCUT2D eigenvalue weighted by atomic mass is 10.1. The van der Waals surface area contributed by atoms with Crippen LogP contribution < -0.4 is 0 Å². The summed E-state index contributed by atoms with van der Waals surface area (Å²) in [4.78, 5) is 24.1. The van der Waals surface area contributed by atoms with Crippen LogP contribution in [0.15, 0.2) is 30.3 Å². The molecule has 0 aromatic heterocycles. The van der Waals surface area contributed by atoms with E-state index in [-0.39, 0.29) is 12.3 Å². The molecule has 0 aliphatic rings. The van der Waals surface area contributed by atoms with Crippen LogP contribution in [0.1, 0.15) is 24.5 Å². The van der Waals surface area contributed by atoms with E-state index in [2.05, 4.69) is 0 Å². The molecule has 0 aliphatic heterocycles. The maximum absolute atomic E-state index is 12.2. The minimum absolute atomic E-state index is 0.0562. The highest BCUT2D eigenvalue weighted by molar-refractivity contribution is 5.82. The summed E-state index contributed by atoms with van der Waals surface area (Å²) in [5, 5.41) is 8.57. The number of carboxylic acid groups (broad SMARTS) is 1. The predicted molar refractivity (Wildman–Crippen MR) is 70.7 cm³/mol. The average Bonchev–Trinajstić information content (AvgIpc) is 2.40. The van der Waals surface area contributed by atoms with Gasteiger partial charge in [0.2, 0.25) is 0 Å². The van der Waals surface area contributed by atoms with E-state index in [1.54, 1.807) is 7.05 Å². The van der Waals surface area contributed by atoms with Crippen LogP contribution in [-0.2, 0) is 14.3 Å². The Morgan fingerprint density at radius 3 is 2.47 bits per heavy atom. The van der Waals surface area contributed by atoms with E-state index in [1.165, 1.54) is 12.0 Å². The largest absolute Gasteiger partial charge is 0.481 e. The number of nitrogens with zero attached hydrogens (tertiary/aromatic N) is 1. The van der Waals surface area contributed by atoms with Crippen molar-refractivity contribution in [2.24, 2.45) is 0 Å². The Morgan fingerprint density at radius 2 is 1.95 bits per heavy atom. The molecule has 1 aromatic carbocycles. The number of likely N-dealkylation sites (N-methyl/N-ethyl adjacent to an activating group) is 1. The number of amides is 1. The van der Waals surface area contributed by atoms with Crippen LogP contribution in [0.5, 0.6) is 0 Å². The van der Waals surface area contributed by atoms with Crippen molar-refractivity contribution in [2.75, 3.05) is 20.7 Å². The van der Waals surface area contributed by atoms with E-state index in [0.29, 0.717) is 13.0 Å². The minimum atomic E-state index is -0.854. The first-order valence-corrected chi connectivity index (χ1v) is 6.10. The average molecular weight is 265 g/mol. The van der Waals surface area contributed by atoms with Gasteiger partial charge in [0.25, 0.3) is 5.91 Å². The van der Waals surface area contributed by atoms with Gasteiger partial charge in [0.05, 0.1) is 0 Å². The van der Waals surface area contributed by atoms with Crippen LogP contribution in [0.4, 0.5) is 0 Å². The van der Waals surface area contributed by atoms with Crippen molar-refractivity contribution in [2.45, 2.75) is 18.9 Å². The molecule has 0 aliphatic carbocycles. The van der Waals surface area contributed by atoms with Crippen molar-refractivity contribution in [1.82, 2.24) is 4.90 Å². The molecular weight excluding hydrogens is 246 g/mol. The summed E-state index contributed by atoms with van der Waals surface area (Å²) < 4.78 is 5.24. The topological polar surface area (TPSA) is 66.8 Å². The van der Waals surface area contributed by atoms with Gasteiger partial charge >= 0.3 is 5.97 Å². The fourth-order valence-electron chi connectivity index (χ4n) is 1.79. The molecule has 0 fully saturated rings. The molecule has 0 saturated carbocycles. The van der Waals surface area contributed by atoms with Gasteiger partial charge in [0.1, 0.15) is 0 Å². The van der Waals surface area contributed by atoms with Crippen LogP contribution in [0.3, 0.4) is 0 Å². The Hall–Kier alpha value is -1.88. The summed E-state index contributed by atoms with van der Waals surface area (Å²) in [7, 11) is 3.14. The highest BCUT2D eigenvalue weighted by Crippen LogP contribution is 2.18. The highest BCUT2D eigenvalue weighted by Gasteiger charge is 2.23. The molecule has 1 amide bonds. The summed E-state index contributed by atoms with van der Waals surface area (Å²) in [6, 6.07) is 9.23. The molecule has 19 heavy (non-hydrogen) atoms. The van der Waals surface area contributed by atoms with Gasteiger partial charge < -0.3 is 14.7 Å². The summed E-state index contributed by atoms with van der Waals surface area (Å²) >= 11 is 0. The van der Waals surface area contributed by atoms with E-state index in [4.69, 9.17) is 9.84 Å². The third kappa shape index (κ3) is 4.71. The lowest BCUT2D eigenvalue weighted by Gasteiger charge is -2.23. The van der Waals surface area contributed by atoms with Crippen molar-refractivity contribution in [1.29, 1.82) is 0 Å². The van der Waals surface area contributed by atoms with Gasteiger partial charge in [-0.25, -0.2) is 0 Å². The molecule has 0 bridgehead atoms. The zero-order chi connectivity index (χ0) is 14.3. The highest BCUT2D eigenvalue weighted by atomic mass is 16.5. The van der Waals surface area contributed by atoms with E-state index < -0.39 is 12.1 Å². The second-order valence-electron chi connectivity index (χ2n) is 4.28. The Bertz CT molecular complexity index is 419. The third-order valence-corrected chi connectivity index (χ3v) is 2.82. The molecular formula is C14H19NO4. The summed E-state index contributed by atoms with van der Waals surface area (Å²) in [5.74, 6) is -1.02. The summed E-state index contributed by atoms with van der Waals surface area (Å²) in [6.07, 6.45) is -0.153. The molecule has 5 nitrogen and oxygen atoms in total. The van der Waals surface area contributed by atoms with Crippen molar-refractivity contribution in [3.05, 3.63) is 35.9 Å². The Morgan fingerprint density at radius 1 is 1.32 bits per heavy atom. The monoisotopic (exact) mass is 265 g/mol. The zero-order valence-corrected chi connectivity index (χ0v) is 11.2. The zero-order valence-electron chi connectivity index (χ0n) is 11.2. The summed E-state index contributed by atoms with van der Waals surface area (Å²) in [6.45, 7) is 0.401. The molecule has 0 spiro atoms. The fraction of sp³-hybridized carbons (Fsp3) is 0.429. The van der Waals surface area contributed by atoms with Crippen molar-refractivity contribution >= 4 is 11.9 Å². The maximum Gasteiger partial charge on any atom is 0.303 e. The molecule has 5 heteroatoms. The van der Waals surface area contributed by atoms with Crippen LogP contribution in [0, 0.1) is 0 Å². The second-order valence-corrected chi connectivity index (χ2v) is 4.28. The molecule has 1 unspecified atom stereocenters. The Kier molecular flexibility index (Phi) is 6.02. The Balaban J connectivity index is 2.61. The van der Waals surface area contributed by atoms with Gasteiger partial charge in [-0.2, -0.15) is 0 Å². The first-order valence-electron chi connectivity index (χ1n) is 6.10. The van der Waals surface area contributed by atoms with Crippen molar-refractivity contribution in [3.63, 3.8) is 0 Å². The van der Waals surface area contributed by atoms with Gasteiger partial charge in [0, 0.05) is 27.1 Å². The number of ether oxygens (including phenoxy) is 1. The summed E-state index contributed by atoms with van der Waals surface area (Å²) in [5.41, 5.74) is 0.792. The van der Waals surface area contributed by atoms with E-state index in [9.17, 15) is 9.59 Å². The molecule has 0 saturated heterocycles. The standard InChI is InChI=1S/C14H19NO4/c1-15(10-6-9-12(16)17)14(18)13(19-2)11-7-4-3-5-8-11/h3-5,7-8,13H,6,9-10H2,1-2H3,(H,16,17). The third-order valence-electron chi connectivity index (χ3n) is 2.82. The number of benzene rings is 1. The molecule has 0 heterocycles. The quantitative estimate of drug-likeness (QED) is 0.814. The normalized spacial score (nSPS) is 11.9. The van der Waals surface area contributed by atoms with E-state index in [1.807, 2.05) is 30.3 Å². The molecule has 1 rings (SSSR count). The predicted octanol–water partition coefficient (Wildman–Crippen LogP) is 1.70. The first kappa shape index (κ1) is 15.2. The smallest absolute Gasteiger partial charge is 0.303 e. The lowest BCUT2D eigenvalue weighted by Crippen LogP contribution is -2.33. The molecule has 0 radical (unpaired) electrons. The number of carbonyl (C=O) groups is 2. The van der Waals surface area contributed by atoms with E-state index in [0.717, 1.165) is 5.56 Å². The van der Waals surface area contributed by atoms with Gasteiger partial charge in [-0.3, -0.25) is 9.59 Å². The molecule has 1 atom stereocenters. The number of carbonyl (C=O) groups excluding carboxylic acids is 1. The SMILES string of the molecule is COC(C(=O)N(C)CCCC(=O)O)c1ccccc1. The van der Waals surface area contributed by atoms with Crippen LogP contribution in [0.2, 0.25) is 0 Å². The number of hydrogen-bond acceptors (Lipinski definition) is 3. The molecule has 1 aromatic rings. The van der Waals surface area contributed by atoms with Crippen molar-refractivity contribution in [3.8, 4) is 0 Å². The molecule has 104 valence electrons. The van der Waals surface area contributed by atoms with Gasteiger partial charge in [-0.15, -0.1) is 0 Å². The fourth-order valence-corrected chi connectivity index (χ4v) is 1.79. The number of hydrogen-bond donors (Lipinski definition) is 1. The molecule has 1 N–H and O–H groups in total. The van der Waals surface area contributed by atoms with E-state index >= 15 is 0 Å². The van der Waals surface area contributed by atoms with Crippen LogP contribution in [-0.4, -0.2) is 42.6 Å². The number of methoxy groups -OCH3 is 1. The van der Waals surface area contributed by atoms with Crippen molar-refractivity contribution < 1.29 is 19.4 Å². The van der Waals surface area contributed by atoms with Crippen LogP contribution >= 0.6 is 0 Å².